The maximum Gasteiger partial charge on any atom is 0.407 e. The fraction of sp³-hybridized carbons (Fsp3) is 0.382. The lowest BCUT2D eigenvalue weighted by Gasteiger charge is -2.25. The van der Waals surface area contributed by atoms with E-state index in [2.05, 4.69) is 17.6 Å². The highest BCUT2D eigenvalue weighted by Crippen LogP contribution is 2.28. The van der Waals surface area contributed by atoms with Gasteiger partial charge < -0.3 is 30.1 Å². The van der Waals surface area contributed by atoms with Gasteiger partial charge in [0.25, 0.3) is 5.91 Å². The first-order valence-electron chi connectivity index (χ1n) is 15.0. The van der Waals surface area contributed by atoms with Gasteiger partial charge in [-0.05, 0) is 42.5 Å². The molecule has 228 valence electrons. The largest absolute Gasteiger partial charge is 0.493 e. The molecule has 0 spiro atoms. The van der Waals surface area contributed by atoms with E-state index >= 15 is 0 Å². The molecule has 3 amide bonds. The van der Waals surface area contributed by atoms with Crippen LogP contribution in [0.2, 0.25) is 0 Å². The quantitative estimate of drug-likeness (QED) is 0.215. The van der Waals surface area contributed by atoms with Gasteiger partial charge in [0, 0.05) is 36.8 Å². The van der Waals surface area contributed by atoms with Crippen LogP contribution in [0.3, 0.4) is 0 Å². The number of carbonyl (C=O) groups excluding carboxylic acids is 3. The van der Waals surface area contributed by atoms with Gasteiger partial charge in [0.2, 0.25) is 5.91 Å². The highest BCUT2D eigenvalue weighted by Gasteiger charge is 2.26. The third-order valence-electron chi connectivity index (χ3n) is 7.30. The zero-order chi connectivity index (χ0) is 30.4. The van der Waals surface area contributed by atoms with Crippen molar-refractivity contribution in [1.29, 1.82) is 0 Å². The van der Waals surface area contributed by atoms with Crippen LogP contribution >= 0.6 is 0 Å². The van der Waals surface area contributed by atoms with Crippen LogP contribution in [0.5, 0.6) is 5.75 Å². The molecule has 3 N–H and O–H groups in total. The number of benzene rings is 3. The Kier molecular flexibility index (Phi) is 12.0. The summed E-state index contributed by atoms with van der Waals surface area (Å²) in [5.74, 6) is 0.108. The van der Waals surface area contributed by atoms with Crippen molar-refractivity contribution in [3.05, 3.63) is 95.6 Å². The van der Waals surface area contributed by atoms with Crippen molar-refractivity contribution in [2.24, 2.45) is 0 Å². The van der Waals surface area contributed by atoms with E-state index in [9.17, 15) is 19.5 Å². The predicted molar refractivity (Wildman–Crippen MR) is 165 cm³/mol. The molecule has 43 heavy (non-hydrogen) atoms. The van der Waals surface area contributed by atoms with Crippen molar-refractivity contribution in [3.8, 4) is 5.75 Å². The number of amides is 3. The number of rotatable bonds is 15. The van der Waals surface area contributed by atoms with Crippen LogP contribution in [0.4, 0.5) is 10.5 Å². The number of hydrogen-bond acceptors (Lipinski definition) is 6. The topological polar surface area (TPSA) is 117 Å². The van der Waals surface area contributed by atoms with Gasteiger partial charge in [0.05, 0.1) is 18.8 Å². The average molecular weight is 588 g/mol. The van der Waals surface area contributed by atoms with Crippen molar-refractivity contribution in [2.75, 3.05) is 24.6 Å². The average Bonchev–Trinajstić information content (AvgIpc) is 3.47. The third-order valence-corrected chi connectivity index (χ3v) is 7.30. The number of aliphatic hydroxyl groups excluding tert-OH is 1. The molecule has 0 saturated carbocycles. The van der Waals surface area contributed by atoms with Crippen LogP contribution in [0.25, 0.3) is 0 Å². The lowest BCUT2D eigenvalue weighted by atomic mass is 10.0. The summed E-state index contributed by atoms with van der Waals surface area (Å²) in [7, 11) is 0. The normalized spacial score (nSPS) is 14.2. The van der Waals surface area contributed by atoms with E-state index < -0.39 is 24.1 Å². The number of nitrogens with one attached hydrogen (secondary N) is 2. The molecule has 0 unspecified atom stereocenters. The van der Waals surface area contributed by atoms with Gasteiger partial charge in [-0.15, -0.1) is 0 Å². The maximum absolute atomic E-state index is 13.6. The van der Waals surface area contributed by atoms with Gasteiger partial charge in [-0.2, -0.15) is 0 Å². The number of aliphatic hydroxyl groups is 1. The highest BCUT2D eigenvalue weighted by molar-refractivity contribution is 5.99. The standard InChI is InChI=1S/C34H41N3O6/c1-2-3-10-18-42-29-21-27(20-28(22-29)37-17-11-16-32(37)39)33(40)36-30(19-25-12-6-4-7-13-25)31(38)23-35-34(41)43-24-26-14-8-5-9-15-26/h4-9,12-15,20-22,30-31,38H,2-3,10-11,16-19,23-24H2,1H3,(H,35,41)(H,36,40)/t30-,31+/m0/s1. The molecule has 0 radical (unpaired) electrons. The number of anilines is 1. The molecular formula is C34H41N3O6. The van der Waals surface area contributed by atoms with Crippen LogP contribution in [0.15, 0.2) is 78.9 Å². The number of nitrogens with zero attached hydrogens (tertiary/aromatic N) is 1. The fourth-order valence-electron chi connectivity index (χ4n) is 4.92. The van der Waals surface area contributed by atoms with E-state index in [1.165, 1.54) is 0 Å². The van der Waals surface area contributed by atoms with Gasteiger partial charge in [0.1, 0.15) is 12.4 Å². The molecule has 1 aliphatic rings. The molecule has 9 nitrogen and oxygen atoms in total. The van der Waals surface area contributed by atoms with Gasteiger partial charge in [-0.25, -0.2) is 4.79 Å². The van der Waals surface area contributed by atoms with E-state index in [-0.39, 0.29) is 19.1 Å². The van der Waals surface area contributed by atoms with Crippen LogP contribution in [0, 0.1) is 0 Å². The van der Waals surface area contributed by atoms with Crippen LogP contribution in [-0.4, -0.2) is 54.9 Å². The number of hydrogen-bond donors (Lipinski definition) is 3. The summed E-state index contributed by atoms with van der Waals surface area (Å²) in [6, 6.07) is 23.2. The van der Waals surface area contributed by atoms with E-state index in [0.717, 1.165) is 36.8 Å². The van der Waals surface area contributed by atoms with Crippen LogP contribution in [-0.2, 0) is 22.6 Å². The van der Waals surface area contributed by atoms with Crippen molar-refractivity contribution in [2.45, 2.75) is 64.2 Å². The molecule has 1 saturated heterocycles. The molecule has 4 rings (SSSR count). The summed E-state index contributed by atoms with van der Waals surface area (Å²) in [6.45, 7) is 3.19. The molecule has 9 heteroatoms. The lowest BCUT2D eigenvalue weighted by molar-refractivity contribution is -0.117. The summed E-state index contributed by atoms with van der Waals surface area (Å²) in [5.41, 5.74) is 2.70. The fourth-order valence-corrected chi connectivity index (χ4v) is 4.92. The molecule has 0 aliphatic carbocycles. The van der Waals surface area contributed by atoms with Crippen LogP contribution in [0.1, 0.15) is 60.5 Å². The van der Waals surface area contributed by atoms with Crippen LogP contribution < -0.4 is 20.3 Å². The Morgan fingerprint density at radius 1 is 0.977 bits per heavy atom. The second-order valence-electron chi connectivity index (χ2n) is 10.7. The molecule has 1 fully saturated rings. The molecule has 1 aliphatic heterocycles. The number of unbranched alkanes of at least 4 members (excludes halogenated alkanes) is 2. The molecular weight excluding hydrogens is 546 g/mol. The number of ether oxygens (including phenoxy) is 2. The first-order chi connectivity index (χ1) is 20.9. The van der Waals surface area contributed by atoms with Crippen molar-refractivity contribution in [3.63, 3.8) is 0 Å². The monoisotopic (exact) mass is 587 g/mol. The van der Waals surface area contributed by atoms with E-state index in [1.807, 2.05) is 60.7 Å². The molecule has 0 bridgehead atoms. The van der Waals surface area contributed by atoms with Gasteiger partial charge in [-0.3, -0.25) is 9.59 Å². The first-order valence-corrected chi connectivity index (χ1v) is 15.0. The van der Waals surface area contributed by atoms with Gasteiger partial charge in [0.15, 0.2) is 0 Å². The summed E-state index contributed by atoms with van der Waals surface area (Å²) in [6.07, 6.45) is 2.76. The molecule has 2 atom stereocenters. The van der Waals surface area contributed by atoms with Gasteiger partial charge in [-0.1, -0.05) is 80.4 Å². The second kappa shape index (κ2) is 16.3. The van der Waals surface area contributed by atoms with Crippen molar-refractivity contribution < 1.29 is 29.0 Å². The van der Waals surface area contributed by atoms with Crippen molar-refractivity contribution >= 4 is 23.6 Å². The smallest absolute Gasteiger partial charge is 0.407 e. The number of carbonyl (C=O) groups is 3. The lowest BCUT2D eigenvalue weighted by Crippen LogP contribution is -2.49. The Morgan fingerprint density at radius 3 is 2.37 bits per heavy atom. The van der Waals surface area contributed by atoms with E-state index in [1.54, 1.807) is 23.1 Å². The molecule has 1 heterocycles. The zero-order valence-corrected chi connectivity index (χ0v) is 24.7. The van der Waals surface area contributed by atoms with E-state index in [4.69, 9.17) is 9.47 Å². The summed E-state index contributed by atoms with van der Waals surface area (Å²) >= 11 is 0. The zero-order valence-electron chi connectivity index (χ0n) is 24.7. The molecule has 3 aromatic carbocycles. The maximum atomic E-state index is 13.6. The number of alkyl carbamates (subject to hydrolysis) is 1. The minimum Gasteiger partial charge on any atom is -0.493 e. The molecule has 3 aromatic rings. The summed E-state index contributed by atoms with van der Waals surface area (Å²) < 4.78 is 11.2. The Morgan fingerprint density at radius 2 is 1.70 bits per heavy atom. The Hall–Kier alpha value is -4.37. The minimum absolute atomic E-state index is 0.0112. The predicted octanol–water partition coefficient (Wildman–Crippen LogP) is 5.01. The summed E-state index contributed by atoms with van der Waals surface area (Å²) in [5, 5.41) is 16.7. The second-order valence-corrected chi connectivity index (χ2v) is 10.7. The SMILES string of the molecule is CCCCCOc1cc(C(=O)N[C@@H](Cc2ccccc2)[C@H](O)CNC(=O)OCc2ccccc2)cc(N2CCCC2=O)c1. The Bertz CT molecular complexity index is 1330. The minimum atomic E-state index is -1.11. The third kappa shape index (κ3) is 9.85. The first kappa shape index (κ1) is 31.6. The molecule has 0 aromatic heterocycles. The Balaban J connectivity index is 1.46. The Labute approximate surface area is 253 Å². The van der Waals surface area contributed by atoms with Crippen molar-refractivity contribution in [1.82, 2.24) is 10.6 Å². The van der Waals surface area contributed by atoms with E-state index in [0.29, 0.717) is 43.0 Å². The van der Waals surface area contributed by atoms with Gasteiger partial charge >= 0.3 is 6.09 Å². The highest BCUT2D eigenvalue weighted by atomic mass is 16.5. The summed E-state index contributed by atoms with van der Waals surface area (Å²) in [4.78, 5) is 40.1.